The molecule has 0 aliphatic heterocycles. The number of hydrogen-bond acceptors (Lipinski definition) is 4. The van der Waals surface area contributed by atoms with Crippen LogP contribution < -0.4 is 10.0 Å². The fraction of sp³-hybridized carbons (Fsp3) is 0.0769. The van der Waals surface area contributed by atoms with E-state index in [1.807, 2.05) is 0 Å². The number of pyridine rings is 1. The predicted octanol–water partition coefficient (Wildman–Crippen LogP) is 2.44. The standard InChI is InChI=1S/C13H10Cl2FN3O3S/c14-10-5-8(1-3-11(10)16)19-13(20)7-18-23(21,22)9-2-4-12(15)17-6-9/h1-6,18H,7H2,(H,19,20). The molecule has 2 rings (SSSR count). The molecule has 0 aliphatic rings. The van der Waals surface area contributed by atoms with Crippen LogP contribution in [0.25, 0.3) is 0 Å². The zero-order valence-corrected chi connectivity index (χ0v) is 13.7. The third-order valence-electron chi connectivity index (χ3n) is 2.64. The second-order valence-electron chi connectivity index (χ2n) is 4.32. The molecule has 0 fully saturated rings. The Kier molecular flexibility index (Phi) is 5.53. The molecule has 0 saturated carbocycles. The van der Waals surface area contributed by atoms with Crippen molar-refractivity contribution in [3.63, 3.8) is 0 Å². The molecule has 0 aliphatic carbocycles. The molecule has 0 bridgehead atoms. The van der Waals surface area contributed by atoms with Crippen molar-refractivity contribution in [1.29, 1.82) is 0 Å². The maximum absolute atomic E-state index is 13.0. The van der Waals surface area contributed by atoms with E-state index in [0.29, 0.717) is 0 Å². The first-order valence-corrected chi connectivity index (χ1v) is 8.38. The van der Waals surface area contributed by atoms with Crippen LogP contribution in [0.15, 0.2) is 41.4 Å². The van der Waals surface area contributed by atoms with E-state index in [0.717, 1.165) is 12.3 Å². The first kappa shape index (κ1) is 17.6. The fourth-order valence-electron chi connectivity index (χ4n) is 1.54. The van der Waals surface area contributed by atoms with E-state index < -0.39 is 28.3 Å². The van der Waals surface area contributed by atoms with Crippen LogP contribution in [0.5, 0.6) is 0 Å². The van der Waals surface area contributed by atoms with Crippen LogP contribution in [0.2, 0.25) is 10.2 Å². The van der Waals surface area contributed by atoms with Gasteiger partial charge in [0.1, 0.15) is 15.9 Å². The number of benzene rings is 1. The summed E-state index contributed by atoms with van der Waals surface area (Å²) in [5, 5.41) is 2.38. The molecule has 2 aromatic rings. The number of hydrogen-bond donors (Lipinski definition) is 2. The maximum atomic E-state index is 13.0. The van der Waals surface area contributed by atoms with Crippen molar-refractivity contribution in [1.82, 2.24) is 9.71 Å². The average Bonchev–Trinajstić information content (AvgIpc) is 2.50. The Hall–Kier alpha value is -1.74. The second kappa shape index (κ2) is 7.22. The van der Waals surface area contributed by atoms with Gasteiger partial charge in [-0.15, -0.1) is 0 Å². The predicted molar refractivity (Wildman–Crippen MR) is 84.5 cm³/mol. The summed E-state index contributed by atoms with van der Waals surface area (Å²) in [6.07, 6.45) is 1.07. The Bertz CT molecular complexity index is 829. The van der Waals surface area contributed by atoms with Crippen LogP contribution in [-0.4, -0.2) is 25.9 Å². The highest BCUT2D eigenvalue weighted by molar-refractivity contribution is 7.89. The minimum Gasteiger partial charge on any atom is -0.325 e. The number of aromatic nitrogens is 1. The van der Waals surface area contributed by atoms with Gasteiger partial charge in [0.2, 0.25) is 15.9 Å². The minimum absolute atomic E-state index is 0.125. The minimum atomic E-state index is -3.90. The lowest BCUT2D eigenvalue weighted by atomic mass is 10.3. The first-order valence-electron chi connectivity index (χ1n) is 6.14. The Balaban J connectivity index is 1.98. The molecule has 6 nitrogen and oxygen atoms in total. The third-order valence-corrected chi connectivity index (χ3v) is 4.54. The lowest BCUT2D eigenvalue weighted by Crippen LogP contribution is -2.33. The van der Waals surface area contributed by atoms with Crippen molar-refractivity contribution in [2.24, 2.45) is 0 Å². The van der Waals surface area contributed by atoms with Gasteiger partial charge >= 0.3 is 0 Å². The molecule has 122 valence electrons. The molecule has 0 spiro atoms. The number of carbonyl (C=O) groups excluding carboxylic acids is 1. The van der Waals surface area contributed by atoms with Crippen LogP contribution in [0, 0.1) is 5.82 Å². The summed E-state index contributed by atoms with van der Waals surface area (Å²) in [6.45, 7) is -0.514. The van der Waals surface area contributed by atoms with Crippen molar-refractivity contribution in [3.8, 4) is 0 Å². The normalized spacial score (nSPS) is 11.3. The summed E-state index contributed by atoms with van der Waals surface area (Å²) in [4.78, 5) is 15.3. The van der Waals surface area contributed by atoms with Gasteiger partial charge in [-0.2, -0.15) is 0 Å². The number of amides is 1. The molecule has 0 unspecified atom stereocenters. The largest absolute Gasteiger partial charge is 0.325 e. The summed E-state index contributed by atoms with van der Waals surface area (Å²) in [5.74, 6) is -1.27. The molecule has 1 aromatic carbocycles. The fourth-order valence-corrected chi connectivity index (χ4v) is 2.76. The van der Waals surface area contributed by atoms with E-state index in [-0.39, 0.29) is 20.8 Å². The molecule has 0 atom stereocenters. The lowest BCUT2D eigenvalue weighted by molar-refractivity contribution is -0.115. The number of halogens is 3. The highest BCUT2D eigenvalue weighted by Gasteiger charge is 2.16. The van der Waals surface area contributed by atoms with Gasteiger partial charge in [0.15, 0.2) is 0 Å². The molecule has 0 radical (unpaired) electrons. The van der Waals surface area contributed by atoms with Gasteiger partial charge in [-0.3, -0.25) is 4.79 Å². The molecule has 23 heavy (non-hydrogen) atoms. The SMILES string of the molecule is O=C(CNS(=O)(=O)c1ccc(Cl)nc1)Nc1ccc(F)c(Cl)c1. The smallest absolute Gasteiger partial charge is 0.242 e. The van der Waals surface area contributed by atoms with Crippen LogP contribution in [0.3, 0.4) is 0 Å². The second-order valence-corrected chi connectivity index (χ2v) is 6.88. The summed E-state index contributed by atoms with van der Waals surface area (Å²) < 4.78 is 39.0. The highest BCUT2D eigenvalue weighted by atomic mass is 35.5. The van der Waals surface area contributed by atoms with Crippen LogP contribution in [0.4, 0.5) is 10.1 Å². The Morgan fingerprint density at radius 1 is 1.22 bits per heavy atom. The number of anilines is 1. The molecular formula is C13H10Cl2FN3O3S. The molecular weight excluding hydrogens is 368 g/mol. The van der Waals surface area contributed by atoms with Gasteiger partial charge in [-0.25, -0.2) is 22.5 Å². The molecule has 0 saturated heterocycles. The maximum Gasteiger partial charge on any atom is 0.242 e. The zero-order valence-electron chi connectivity index (χ0n) is 11.4. The number of sulfonamides is 1. The van der Waals surface area contributed by atoms with Crippen LogP contribution >= 0.6 is 23.2 Å². The van der Waals surface area contributed by atoms with E-state index >= 15 is 0 Å². The number of nitrogens with one attached hydrogen (secondary N) is 2. The van der Waals surface area contributed by atoms with E-state index in [4.69, 9.17) is 23.2 Å². The highest BCUT2D eigenvalue weighted by Crippen LogP contribution is 2.19. The number of carbonyl (C=O) groups is 1. The average molecular weight is 378 g/mol. The molecule has 1 amide bonds. The number of nitrogens with zero attached hydrogens (tertiary/aromatic N) is 1. The van der Waals surface area contributed by atoms with E-state index in [2.05, 4.69) is 15.0 Å². The summed E-state index contributed by atoms with van der Waals surface area (Å²) in [5.41, 5.74) is 0.244. The van der Waals surface area contributed by atoms with Gasteiger partial charge in [0.05, 0.1) is 11.6 Å². The molecule has 10 heteroatoms. The topological polar surface area (TPSA) is 88.2 Å². The Labute approximate surface area is 141 Å². The van der Waals surface area contributed by atoms with Crippen molar-refractivity contribution in [2.75, 3.05) is 11.9 Å². The summed E-state index contributed by atoms with van der Waals surface area (Å²) in [7, 11) is -3.90. The van der Waals surface area contributed by atoms with E-state index in [1.54, 1.807) is 0 Å². The quantitative estimate of drug-likeness (QED) is 0.783. The monoisotopic (exact) mass is 377 g/mol. The van der Waals surface area contributed by atoms with Crippen LogP contribution in [0.1, 0.15) is 0 Å². The van der Waals surface area contributed by atoms with Gasteiger partial charge in [0, 0.05) is 11.9 Å². The lowest BCUT2D eigenvalue weighted by Gasteiger charge is -2.08. The van der Waals surface area contributed by atoms with Gasteiger partial charge in [-0.1, -0.05) is 23.2 Å². The van der Waals surface area contributed by atoms with Crippen molar-refractivity contribution in [2.45, 2.75) is 4.90 Å². The van der Waals surface area contributed by atoms with Crippen LogP contribution in [-0.2, 0) is 14.8 Å². The molecule has 2 N–H and O–H groups in total. The summed E-state index contributed by atoms with van der Waals surface area (Å²) >= 11 is 11.2. The first-order chi connectivity index (χ1) is 10.8. The van der Waals surface area contributed by atoms with E-state index in [1.165, 1.54) is 24.3 Å². The van der Waals surface area contributed by atoms with Crippen molar-refractivity contribution in [3.05, 3.63) is 52.5 Å². The van der Waals surface area contributed by atoms with E-state index in [9.17, 15) is 17.6 Å². The third kappa shape index (κ3) is 4.87. The van der Waals surface area contributed by atoms with Gasteiger partial charge in [-0.05, 0) is 30.3 Å². The molecule has 1 aromatic heterocycles. The van der Waals surface area contributed by atoms with Crippen molar-refractivity contribution < 1.29 is 17.6 Å². The Morgan fingerprint density at radius 3 is 2.57 bits per heavy atom. The van der Waals surface area contributed by atoms with Gasteiger partial charge < -0.3 is 5.32 Å². The number of rotatable bonds is 5. The zero-order chi connectivity index (χ0) is 17.0. The summed E-state index contributed by atoms with van der Waals surface area (Å²) in [6, 6.07) is 6.18. The van der Waals surface area contributed by atoms with Gasteiger partial charge in [0.25, 0.3) is 0 Å². The molecule has 1 heterocycles. The van der Waals surface area contributed by atoms with Crippen molar-refractivity contribution >= 4 is 44.8 Å². The Morgan fingerprint density at radius 2 is 1.96 bits per heavy atom.